The van der Waals surface area contributed by atoms with Crippen LogP contribution in [-0.4, -0.2) is 17.6 Å². The number of hydrogen-bond acceptors (Lipinski definition) is 3. The normalized spacial score (nSPS) is 10.4. The lowest BCUT2D eigenvalue weighted by Crippen LogP contribution is -2.25. The molecule has 0 fully saturated rings. The molecular formula is C22H18F2N2O2S. The largest absolute Gasteiger partial charge is 0.348 e. The van der Waals surface area contributed by atoms with Crippen LogP contribution in [0.25, 0.3) is 0 Å². The summed E-state index contributed by atoms with van der Waals surface area (Å²) in [6.07, 6.45) is 0. The zero-order valence-electron chi connectivity index (χ0n) is 15.3. The molecule has 0 heterocycles. The molecule has 0 unspecified atom stereocenters. The summed E-state index contributed by atoms with van der Waals surface area (Å²) in [5, 5.41) is 5.47. The molecule has 0 bridgehead atoms. The number of rotatable bonds is 7. The molecule has 3 rings (SSSR count). The Bertz CT molecular complexity index is 1010. The van der Waals surface area contributed by atoms with Crippen molar-refractivity contribution in [3.63, 3.8) is 0 Å². The fourth-order valence-electron chi connectivity index (χ4n) is 2.58. The molecule has 3 aromatic rings. The summed E-state index contributed by atoms with van der Waals surface area (Å²) in [7, 11) is 0. The Kier molecular flexibility index (Phi) is 6.97. The molecule has 148 valence electrons. The smallest absolute Gasteiger partial charge is 0.253 e. The number of benzene rings is 3. The van der Waals surface area contributed by atoms with Crippen molar-refractivity contribution in [1.29, 1.82) is 0 Å². The summed E-state index contributed by atoms with van der Waals surface area (Å²) in [4.78, 5) is 24.8. The van der Waals surface area contributed by atoms with Gasteiger partial charge in [0.25, 0.3) is 5.91 Å². The van der Waals surface area contributed by atoms with Crippen LogP contribution in [0.2, 0.25) is 0 Å². The van der Waals surface area contributed by atoms with Gasteiger partial charge in [0, 0.05) is 11.4 Å². The molecule has 0 radical (unpaired) electrons. The fraction of sp³-hybridized carbons (Fsp3) is 0.0909. The van der Waals surface area contributed by atoms with E-state index in [0.717, 1.165) is 35.5 Å². The van der Waals surface area contributed by atoms with Crippen molar-refractivity contribution >= 4 is 29.3 Å². The van der Waals surface area contributed by atoms with Crippen molar-refractivity contribution in [3.8, 4) is 0 Å². The van der Waals surface area contributed by atoms with E-state index < -0.39 is 17.5 Å². The van der Waals surface area contributed by atoms with Crippen molar-refractivity contribution in [1.82, 2.24) is 5.32 Å². The van der Waals surface area contributed by atoms with Crippen LogP contribution in [0.3, 0.4) is 0 Å². The van der Waals surface area contributed by atoms with E-state index in [9.17, 15) is 18.4 Å². The van der Waals surface area contributed by atoms with Gasteiger partial charge in [0.1, 0.15) is 11.6 Å². The Balaban J connectivity index is 1.61. The van der Waals surface area contributed by atoms with E-state index in [-0.39, 0.29) is 16.6 Å². The summed E-state index contributed by atoms with van der Waals surface area (Å²) >= 11 is 0.883. The standard InChI is InChI=1S/C22H18F2N2O2S/c23-16-10-11-18(24)20(12-16)29-14-21(27)26-19-9-5-4-8-17(19)22(28)25-13-15-6-2-1-3-7-15/h1-12H,13-14H2,(H,25,28)(H,26,27). The van der Waals surface area contributed by atoms with Gasteiger partial charge in [-0.15, -0.1) is 11.8 Å². The highest BCUT2D eigenvalue weighted by Crippen LogP contribution is 2.23. The van der Waals surface area contributed by atoms with Gasteiger partial charge in [-0.05, 0) is 35.9 Å². The van der Waals surface area contributed by atoms with Gasteiger partial charge in [0.05, 0.1) is 17.0 Å². The number of nitrogens with one attached hydrogen (secondary N) is 2. The van der Waals surface area contributed by atoms with E-state index >= 15 is 0 Å². The molecule has 3 aromatic carbocycles. The van der Waals surface area contributed by atoms with Crippen LogP contribution in [-0.2, 0) is 11.3 Å². The maximum absolute atomic E-state index is 13.7. The van der Waals surface area contributed by atoms with E-state index in [2.05, 4.69) is 10.6 Å². The maximum Gasteiger partial charge on any atom is 0.253 e. The molecule has 2 N–H and O–H groups in total. The van der Waals surface area contributed by atoms with Gasteiger partial charge in [0.2, 0.25) is 5.91 Å². The lowest BCUT2D eigenvalue weighted by Gasteiger charge is -2.12. The Hall–Kier alpha value is -3.19. The zero-order valence-corrected chi connectivity index (χ0v) is 16.1. The minimum absolute atomic E-state index is 0.0500. The molecule has 0 aromatic heterocycles. The lowest BCUT2D eigenvalue weighted by atomic mass is 10.1. The predicted octanol–water partition coefficient (Wildman–Crippen LogP) is 4.63. The van der Waals surface area contributed by atoms with Crippen LogP contribution in [0.5, 0.6) is 0 Å². The number of hydrogen-bond donors (Lipinski definition) is 2. The van der Waals surface area contributed by atoms with Gasteiger partial charge in [-0.25, -0.2) is 8.78 Å². The minimum atomic E-state index is -0.593. The van der Waals surface area contributed by atoms with Gasteiger partial charge in [-0.2, -0.15) is 0 Å². The number of para-hydroxylation sites is 1. The third-order valence-electron chi connectivity index (χ3n) is 3.99. The lowest BCUT2D eigenvalue weighted by molar-refractivity contribution is -0.113. The zero-order chi connectivity index (χ0) is 20.6. The second-order valence-corrected chi connectivity index (χ2v) is 7.14. The molecule has 4 nitrogen and oxygen atoms in total. The van der Waals surface area contributed by atoms with Crippen molar-refractivity contribution in [2.24, 2.45) is 0 Å². The SMILES string of the molecule is O=C(CSc1cc(F)ccc1F)Nc1ccccc1C(=O)NCc1ccccc1. The number of carbonyl (C=O) groups is 2. The van der Waals surface area contributed by atoms with E-state index in [1.165, 1.54) is 0 Å². The molecule has 0 spiro atoms. The summed E-state index contributed by atoms with van der Waals surface area (Å²) in [6, 6.07) is 19.1. The number of carbonyl (C=O) groups excluding carboxylic acids is 2. The molecule has 0 aliphatic carbocycles. The van der Waals surface area contributed by atoms with Crippen molar-refractivity contribution < 1.29 is 18.4 Å². The Morgan fingerprint density at radius 3 is 2.41 bits per heavy atom. The Labute approximate surface area is 171 Å². The first-order valence-corrected chi connectivity index (χ1v) is 9.80. The van der Waals surface area contributed by atoms with Crippen LogP contribution >= 0.6 is 11.8 Å². The average Bonchev–Trinajstić information content (AvgIpc) is 2.74. The Morgan fingerprint density at radius 2 is 1.62 bits per heavy atom. The monoisotopic (exact) mass is 412 g/mol. The molecule has 0 atom stereocenters. The third kappa shape index (κ3) is 5.89. The summed E-state index contributed by atoms with van der Waals surface area (Å²) in [5.41, 5.74) is 1.62. The first kappa shape index (κ1) is 20.5. The molecule has 0 saturated carbocycles. The predicted molar refractivity (Wildman–Crippen MR) is 110 cm³/mol. The molecule has 0 aliphatic rings. The van der Waals surface area contributed by atoms with Crippen LogP contribution < -0.4 is 10.6 Å². The fourth-order valence-corrected chi connectivity index (χ4v) is 3.34. The van der Waals surface area contributed by atoms with Gasteiger partial charge in [-0.1, -0.05) is 42.5 Å². The topological polar surface area (TPSA) is 58.2 Å². The molecule has 2 amide bonds. The highest BCUT2D eigenvalue weighted by Gasteiger charge is 2.14. The van der Waals surface area contributed by atoms with Crippen LogP contribution in [0.4, 0.5) is 14.5 Å². The van der Waals surface area contributed by atoms with Crippen LogP contribution in [0.15, 0.2) is 77.7 Å². The van der Waals surface area contributed by atoms with Crippen molar-refractivity contribution in [2.45, 2.75) is 11.4 Å². The van der Waals surface area contributed by atoms with Crippen molar-refractivity contribution in [3.05, 3.63) is 95.6 Å². The maximum atomic E-state index is 13.7. The average molecular weight is 412 g/mol. The number of anilines is 1. The molecular weight excluding hydrogens is 394 g/mol. The van der Waals surface area contributed by atoms with E-state index in [1.807, 2.05) is 30.3 Å². The Morgan fingerprint density at radius 1 is 0.897 bits per heavy atom. The molecule has 0 saturated heterocycles. The second-order valence-electron chi connectivity index (χ2n) is 6.13. The molecule has 29 heavy (non-hydrogen) atoms. The quantitative estimate of drug-likeness (QED) is 0.557. The number of amides is 2. The van der Waals surface area contributed by atoms with Crippen molar-refractivity contribution in [2.75, 3.05) is 11.1 Å². The summed E-state index contributed by atoms with van der Waals surface area (Å²) < 4.78 is 26.9. The number of halogens is 2. The van der Waals surface area contributed by atoms with Crippen LogP contribution in [0.1, 0.15) is 15.9 Å². The van der Waals surface area contributed by atoms with Gasteiger partial charge < -0.3 is 10.6 Å². The summed E-state index contributed by atoms with van der Waals surface area (Å²) in [6.45, 7) is 0.358. The second kappa shape index (κ2) is 9.84. The van der Waals surface area contributed by atoms with E-state index in [0.29, 0.717) is 17.8 Å². The highest BCUT2D eigenvalue weighted by atomic mass is 32.2. The van der Waals surface area contributed by atoms with Gasteiger partial charge in [-0.3, -0.25) is 9.59 Å². The summed E-state index contributed by atoms with van der Waals surface area (Å²) in [5.74, 6) is -2.05. The van der Waals surface area contributed by atoms with E-state index in [4.69, 9.17) is 0 Å². The van der Waals surface area contributed by atoms with Crippen LogP contribution in [0, 0.1) is 11.6 Å². The first-order valence-electron chi connectivity index (χ1n) is 8.82. The number of thioether (sulfide) groups is 1. The van der Waals surface area contributed by atoms with Gasteiger partial charge in [0.15, 0.2) is 0 Å². The highest BCUT2D eigenvalue weighted by molar-refractivity contribution is 8.00. The van der Waals surface area contributed by atoms with Gasteiger partial charge >= 0.3 is 0 Å². The minimum Gasteiger partial charge on any atom is -0.348 e. The molecule has 7 heteroatoms. The van der Waals surface area contributed by atoms with E-state index in [1.54, 1.807) is 24.3 Å². The molecule has 0 aliphatic heterocycles. The first-order chi connectivity index (χ1) is 14.0. The third-order valence-corrected chi connectivity index (χ3v) is 5.02.